The topological polar surface area (TPSA) is 61.7 Å². The first-order valence-corrected chi connectivity index (χ1v) is 7.13. The molecule has 0 aliphatic heterocycles. The quantitative estimate of drug-likeness (QED) is 0.897. The molecule has 5 heteroatoms. The molecular formula is C14H21N5. The highest BCUT2D eigenvalue weighted by atomic mass is 15.2. The SMILES string of the molecule is CCCc1nc(-c2cncn2C2CC2)c(N)n1CC. The lowest BCUT2D eigenvalue weighted by molar-refractivity contribution is 0.690. The Morgan fingerprint density at radius 3 is 2.79 bits per heavy atom. The van der Waals surface area contributed by atoms with Crippen LogP contribution in [0.1, 0.15) is 45.0 Å². The Balaban J connectivity index is 2.06. The molecule has 0 atom stereocenters. The molecule has 0 bridgehead atoms. The first-order chi connectivity index (χ1) is 9.26. The average Bonchev–Trinajstić information content (AvgIpc) is 3.05. The molecule has 2 heterocycles. The van der Waals surface area contributed by atoms with Crippen molar-refractivity contribution in [3.63, 3.8) is 0 Å². The number of hydrogen-bond donors (Lipinski definition) is 1. The molecule has 2 N–H and O–H groups in total. The zero-order chi connectivity index (χ0) is 13.4. The van der Waals surface area contributed by atoms with Crippen LogP contribution >= 0.6 is 0 Å². The zero-order valence-electron chi connectivity index (χ0n) is 11.6. The van der Waals surface area contributed by atoms with Crippen LogP contribution in [0, 0.1) is 0 Å². The molecule has 5 nitrogen and oxygen atoms in total. The van der Waals surface area contributed by atoms with E-state index < -0.39 is 0 Å². The molecule has 1 fully saturated rings. The van der Waals surface area contributed by atoms with Crippen LogP contribution in [0.5, 0.6) is 0 Å². The molecule has 1 aliphatic carbocycles. The minimum atomic E-state index is 0.596. The number of anilines is 1. The van der Waals surface area contributed by atoms with Crippen LogP contribution < -0.4 is 5.73 Å². The molecule has 1 saturated carbocycles. The third-order valence-electron chi connectivity index (χ3n) is 3.72. The fourth-order valence-corrected chi connectivity index (χ4v) is 2.60. The first-order valence-electron chi connectivity index (χ1n) is 7.13. The molecule has 0 spiro atoms. The second kappa shape index (κ2) is 4.72. The van der Waals surface area contributed by atoms with Crippen LogP contribution in [0.2, 0.25) is 0 Å². The van der Waals surface area contributed by atoms with E-state index in [2.05, 4.69) is 28.0 Å². The Bertz CT molecular complexity index is 577. The van der Waals surface area contributed by atoms with Crippen molar-refractivity contribution in [3.8, 4) is 11.4 Å². The van der Waals surface area contributed by atoms with E-state index in [1.54, 1.807) is 0 Å². The smallest absolute Gasteiger partial charge is 0.133 e. The van der Waals surface area contributed by atoms with Gasteiger partial charge in [-0.2, -0.15) is 0 Å². The molecule has 2 aromatic heterocycles. The summed E-state index contributed by atoms with van der Waals surface area (Å²) in [4.78, 5) is 9.03. The van der Waals surface area contributed by atoms with Crippen LogP contribution in [0.15, 0.2) is 12.5 Å². The second-order valence-corrected chi connectivity index (χ2v) is 5.17. The summed E-state index contributed by atoms with van der Waals surface area (Å²) in [6, 6.07) is 0.596. The van der Waals surface area contributed by atoms with E-state index in [0.717, 1.165) is 42.4 Å². The van der Waals surface area contributed by atoms with Crippen molar-refractivity contribution < 1.29 is 0 Å². The first kappa shape index (κ1) is 12.3. The van der Waals surface area contributed by atoms with Crippen molar-refractivity contribution in [2.45, 2.75) is 52.1 Å². The Morgan fingerprint density at radius 1 is 1.37 bits per heavy atom. The van der Waals surface area contributed by atoms with Gasteiger partial charge in [0, 0.05) is 19.0 Å². The number of imidazole rings is 2. The van der Waals surface area contributed by atoms with Gasteiger partial charge in [-0.3, -0.25) is 0 Å². The highest BCUT2D eigenvalue weighted by Crippen LogP contribution is 2.39. The van der Waals surface area contributed by atoms with E-state index in [1.807, 2.05) is 12.5 Å². The van der Waals surface area contributed by atoms with Gasteiger partial charge in [0.15, 0.2) is 0 Å². The van der Waals surface area contributed by atoms with Crippen molar-refractivity contribution >= 4 is 5.82 Å². The van der Waals surface area contributed by atoms with Gasteiger partial charge in [-0.1, -0.05) is 6.92 Å². The van der Waals surface area contributed by atoms with Crippen molar-refractivity contribution in [2.75, 3.05) is 5.73 Å². The summed E-state index contributed by atoms with van der Waals surface area (Å²) in [5, 5.41) is 0. The van der Waals surface area contributed by atoms with Gasteiger partial charge < -0.3 is 14.9 Å². The number of aryl methyl sites for hydroxylation is 1. The Labute approximate surface area is 113 Å². The fourth-order valence-electron chi connectivity index (χ4n) is 2.60. The maximum atomic E-state index is 6.28. The lowest BCUT2D eigenvalue weighted by atomic mass is 10.3. The summed E-state index contributed by atoms with van der Waals surface area (Å²) in [5.41, 5.74) is 8.24. The van der Waals surface area contributed by atoms with Gasteiger partial charge >= 0.3 is 0 Å². The monoisotopic (exact) mass is 259 g/mol. The predicted octanol–water partition coefficient (Wildman–Crippen LogP) is 2.64. The molecule has 19 heavy (non-hydrogen) atoms. The van der Waals surface area contributed by atoms with Gasteiger partial charge in [-0.05, 0) is 26.2 Å². The number of nitrogen functional groups attached to an aromatic ring is 1. The molecule has 0 unspecified atom stereocenters. The van der Waals surface area contributed by atoms with E-state index in [-0.39, 0.29) is 0 Å². The van der Waals surface area contributed by atoms with Crippen molar-refractivity contribution in [2.24, 2.45) is 0 Å². The van der Waals surface area contributed by atoms with E-state index in [4.69, 9.17) is 10.7 Å². The molecular weight excluding hydrogens is 238 g/mol. The van der Waals surface area contributed by atoms with Gasteiger partial charge in [0.25, 0.3) is 0 Å². The number of hydrogen-bond acceptors (Lipinski definition) is 3. The van der Waals surface area contributed by atoms with Crippen LogP contribution in [0.3, 0.4) is 0 Å². The maximum Gasteiger partial charge on any atom is 0.133 e. The molecule has 0 radical (unpaired) electrons. The lowest BCUT2D eigenvalue weighted by Gasteiger charge is -2.06. The molecule has 3 rings (SSSR count). The third kappa shape index (κ3) is 2.03. The van der Waals surface area contributed by atoms with Gasteiger partial charge in [-0.15, -0.1) is 0 Å². The molecule has 102 valence electrons. The number of nitrogens with two attached hydrogens (primary N) is 1. The van der Waals surface area contributed by atoms with Crippen molar-refractivity contribution in [1.29, 1.82) is 0 Å². The maximum absolute atomic E-state index is 6.28. The largest absolute Gasteiger partial charge is 0.383 e. The fraction of sp³-hybridized carbons (Fsp3) is 0.571. The Kier molecular flexibility index (Phi) is 3.05. The summed E-state index contributed by atoms with van der Waals surface area (Å²) in [6.07, 6.45) is 8.30. The second-order valence-electron chi connectivity index (χ2n) is 5.17. The van der Waals surface area contributed by atoms with Crippen LogP contribution in [0.25, 0.3) is 11.4 Å². The Hall–Kier alpha value is -1.78. The van der Waals surface area contributed by atoms with Gasteiger partial charge in [0.2, 0.25) is 0 Å². The van der Waals surface area contributed by atoms with E-state index in [1.165, 1.54) is 12.8 Å². The minimum Gasteiger partial charge on any atom is -0.383 e. The summed E-state index contributed by atoms with van der Waals surface area (Å²) in [5.74, 6) is 1.86. The molecule has 1 aliphatic rings. The van der Waals surface area contributed by atoms with E-state index in [9.17, 15) is 0 Å². The summed E-state index contributed by atoms with van der Waals surface area (Å²) >= 11 is 0. The number of rotatable bonds is 5. The molecule has 0 saturated heterocycles. The third-order valence-corrected chi connectivity index (χ3v) is 3.72. The number of aromatic nitrogens is 4. The standard InChI is InChI=1S/C14H21N5/c1-3-5-12-17-13(14(15)18(12)4-2)11-8-16-9-19(11)10-6-7-10/h8-10H,3-7,15H2,1-2H3. The van der Waals surface area contributed by atoms with Gasteiger partial charge in [0.1, 0.15) is 17.3 Å². The summed E-state index contributed by atoms with van der Waals surface area (Å²) < 4.78 is 4.33. The highest BCUT2D eigenvalue weighted by Gasteiger charge is 2.27. The van der Waals surface area contributed by atoms with E-state index >= 15 is 0 Å². The minimum absolute atomic E-state index is 0.596. The van der Waals surface area contributed by atoms with E-state index in [0.29, 0.717) is 6.04 Å². The van der Waals surface area contributed by atoms with Crippen molar-refractivity contribution in [3.05, 3.63) is 18.3 Å². The van der Waals surface area contributed by atoms with Gasteiger partial charge in [-0.25, -0.2) is 9.97 Å². The van der Waals surface area contributed by atoms with Crippen LogP contribution in [0.4, 0.5) is 5.82 Å². The summed E-state index contributed by atoms with van der Waals surface area (Å²) in [7, 11) is 0. The molecule has 0 aromatic carbocycles. The zero-order valence-corrected chi connectivity index (χ0v) is 11.6. The molecule has 0 amide bonds. The number of nitrogens with zero attached hydrogens (tertiary/aromatic N) is 4. The molecule has 2 aromatic rings. The normalized spacial score (nSPS) is 15.1. The van der Waals surface area contributed by atoms with Crippen LogP contribution in [-0.2, 0) is 13.0 Å². The predicted molar refractivity (Wildman–Crippen MR) is 75.8 cm³/mol. The summed E-state index contributed by atoms with van der Waals surface area (Å²) in [6.45, 7) is 5.14. The van der Waals surface area contributed by atoms with Gasteiger partial charge in [0.05, 0.1) is 18.2 Å². The lowest BCUT2D eigenvalue weighted by Crippen LogP contribution is -2.05. The van der Waals surface area contributed by atoms with Crippen molar-refractivity contribution in [1.82, 2.24) is 19.1 Å². The van der Waals surface area contributed by atoms with Crippen LogP contribution in [-0.4, -0.2) is 19.1 Å². The highest BCUT2D eigenvalue weighted by molar-refractivity contribution is 5.68. The Morgan fingerprint density at radius 2 is 2.16 bits per heavy atom. The average molecular weight is 259 g/mol.